The van der Waals surface area contributed by atoms with E-state index in [1.807, 2.05) is 0 Å². The third-order valence-corrected chi connectivity index (χ3v) is 5.59. The molecule has 0 unspecified atom stereocenters. The number of aromatic nitrogens is 4. The lowest BCUT2D eigenvalue weighted by molar-refractivity contribution is 0.271. The van der Waals surface area contributed by atoms with E-state index in [1.165, 1.54) is 11.3 Å². The Kier molecular flexibility index (Phi) is 3.86. The molecule has 4 aromatic rings. The Morgan fingerprint density at radius 2 is 1.85 bits per heavy atom. The third-order valence-electron chi connectivity index (χ3n) is 5.59. The lowest BCUT2D eigenvalue weighted by Crippen LogP contribution is -2.46. The maximum absolute atomic E-state index is 4.78. The van der Waals surface area contributed by atoms with Gasteiger partial charge in [0.15, 0.2) is 5.82 Å². The van der Waals surface area contributed by atoms with E-state index in [9.17, 15) is 0 Å². The van der Waals surface area contributed by atoms with Gasteiger partial charge < -0.3 is 14.8 Å². The van der Waals surface area contributed by atoms with Crippen LogP contribution in [0.15, 0.2) is 36.4 Å². The summed E-state index contributed by atoms with van der Waals surface area (Å²) in [6.07, 6.45) is 0. The van der Waals surface area contributed by atoms with E-state index < -0.39 is 0 Å². The highest BCUT2D eigenvalue weighted by Crippen LogP contribution is 2.28. The fraction of sp³-hybridized carbons (Fsp3) is 0.333. The van der Waals surface area contributed by atoms with Gasteiger partial charge in [0, 0.05) is 37.3 Å². The van der Waals surface area contributed by atoms with Crippen LogP contribution in [-0.2, 0) is 0 Å². The number of hydrogen-bond donors (Lipinski definition) is 2. The first-order valence-corrected chi connectivity index (χ1v) is 9.63. The molecule has 27 heavy (non-hydrogen) atoms. The number of nitrogens with one attached hydrogen (secondary N) is 2. The molecule has 3 heterocycles. The minimum atomic E-state index is 0.815. The number of nitrogens with zero attached hydrogens (tertiary/aromatic N) is 4. The van der Waals surface area contributed by atoms with Crippen LogP contribution in [0, 0.1) is 6.92 Å². The molecule has 0 saturated carbocycles. The molecule has 6 nitrogen and oxygen atoms in total. The van der Waals surface area contributed by atoms with Gasteiger partial charge in [-0.25, -0.2) is 4.98 Å². The lowest BCUT2D eigenvalue weighted by Gasteiger charge is -2.35. The van der Waals surface area contributed by atoms with Gasteiger partial charge in [0.05, 0.1) is 16.6 Å². The first-order valence-electron chi connectivity index (χ1n) is 9.63. The molecule has 0 aliphatic carbocycles. The normalized spacial score (nSPS) is 15.9. The molecule has 1 fully saturated rings. The van der Waals surface area contributed by atoms with E-state index in [4.69, 9.17) is 4.98 Å². The second kappa shape index (κ2) is 6.39. The summed E-state index contributed by atoms with van der Waals surface area (Å²) < 4.78 is 0. The zero-order valence-corrected chi connectivity index (χ0v) is 15.8. The van der Waals surface area contributed by atoms with Gasteiger partial charge >= 0.3 is 0 Å². The highest BCUT2D eigenvalue weighted by atomic mass is 15.3. The van der Waals surface area contributed by atoms with Crippen LogP contribution in [-0.4, -0.2) is 57.8 Å². The molecule has 2 aromatic carbocycles. The number of H-pyrrole nitrogens is 2. The molecule has 0 amide bonds. The number of aromatic amines is 2. The quantitative estimate of drug-likeness (QED) is 0.586. The molecule has 1 aliphatic heterocycles. The van der Waals surface area contributed by atoms with Crippen molar-refractivity contribution in [2.24, 2.45) is 0 Å². The van der Waals surface area contributed by atoms with Crippen LogP contribution in [0.3, 0.4) is 0 Å². The fourth-order valence-electron chi connectivity index (χ4n) is 3.94. The molecule has 138 valence electrons. The number of fused-ring (bicyclic) bond motifs is 2. The van der Waals surface area contributed by atoms with Crippen molar-refractivity contribution in [3.05, 3.63) is 42.0 Å². The molecule has 6 heteroatoms. The summed E-state index contributed by atoms with van der Waals surface area (Å²) in [6.45, 7) is 9.86. The van der Waals surface area contributed by atoms with Crippen LogP contribution < -0.4 is 4.90 Å². The summed E-state index contributed by atoms with van der Waals surface area (Å²) in [5.41, 5.74) is 6.42. The molecule has 0 bridgehead atoms. The van der Waals surface area contributed by atoms with Gasteiger partial charge in [-0.3, -0.25) is 5.10 Å². The summed E-state index contributed by atoms with van der Waals surface area (Å²) >= 11 is 0. The Morgan fingerprint density at radius 3 is 2.67 bits per heavy atom. The smallest absolute Gasteiger partial charge is 0.159 e. The van der Waals surface area contributed by atoms with Crippen molar-refractivity contribution in [2.75, 3.05) is 37.6 Å². The third kappa shape index (κ3) is 2.86. The van der Waals surface area contributed by atoms with Crippen molar-refractivity contribution in [3.8, 4) is 11.5 Å². The van der Waals surface area contributed by atoms with Crippen molar-refractivity contribution in [3.63, 3.8) is 0 Å². The van der Waals surface area contributed by atoms with Crippen LogP contribution in [0.4, 0.5) is 5.69 Å². The highest BCUT2D eigenvalue weighted by molar-refractivity contribution is 5.93. The number of benzene rings is 2. The molecule has 5 rings (SSSR count). The predicted molar refractivity (Wildman–Crippen MR) is 110 cm³/mol. The lowest BCUT2D eigenvalue weighted by atomic mass is 10.1. The molecule has 1 aliphatic rings. The largest absolute Gasteiger partial charge is 0.369 e. The average molecular weight is 360 g/mol. The Bertz CT molecular complexity index is 1100. The predicted octanol–water partition coefficient (Wildman–Crippen LogP) is 3.56. The van der Waals surface area contributed by atoms with Crippen LogP contribution in [0.1, 0.15) is 12.5 Å². The van der Waals surface area contributed by atoms with Crippen LogP contribution in [0.2, 0.25) is 0 Å². The van der Waals surface area contributed by atoms with E-state index in [0.29, 0.717) is 0 Å². The van der Waals surface area contributed by atoms with Crippen molar-refractivity contribution in [2.45, 2.75) is 13.8 Å². The molecular formula is C21H24N6. The molecule has 0 radical (unpaired) electrons. The summed E-state index contributed by atoms with van der Waals surface area (Å²) in [5.74, 6) is 0.815. The number of rotatable bonds is 3. The van der Waals surface area contributed by atoms with E-state index >= 15 is 0 Å². The molecule has 2 N–H and O–H groups in total. The van der Waals surface area contributed by atoms with Crippen LogP contribution >= 0.6 is 0 Å². The van der Waals surface area contributed by atoms with Crippen LogP contribution in [0.25, 0.3) is 33.5 Å². The first-order chi connectivity index (χ1) is 13.2. The Hall–Kier alpha value is -2.86. The van der Waals surface area contributed by atoms with Gasteiger partial charge in [0.2, 0.25) is 0 Å². The maximum atomic E-state index is 4.78. The summed E-state index contributed by atoms with van der Waals surface area (Å²) in [4.78, 5) is 13.2. The SMILES string of the molecule is CCN1CCN(c2ccc3nc(-c4n[nH]c5ccc(C)cc45)[nH]c3c2)CC1. The number of anilines is 1. The number of aryl methyl sites for hydroxylation is 1. The Morgan fingerprint density at radius 1 is 1.00 bits per heavy atom. The summed E-state index contributed by atoms with van der Waals surface area (Å²) in [6, 6.07) is 12.8. The number of likely N-dealkylation sites (N-methyl/N-ethyl adjacent to an activating group) is 1. The van der Waals surface area contributed by atoms with Gasteiger partial charge in [-0.1, -0.05) is 18.6 Å². The first kappa shape index (κ1) is 16.3. The zero-order chi connectivity index (χ0) is 18.4. The number of hydrogen-bond acceptors (Lipinski definition) is 4. The Balaban J connectivity index is 1.49. The minimum Gasteiger partial charge on any atom is -0.369 e. The van der Waals surface area contributed by atoms with Gasteiger partial charge in [-0.15, -0.1) is 0 Å². The van der Waals surface area contributed by atoms with Crippen molar-refractivity contribution in [1.82, 2.24) is 25.1 Å². The monoisotopic (exact) mass is 360 g/mol. The van der Waals surface area contributed by atoms with Gasteiger partial charge in [-0.2, -0.15) is 5.10 Å². The average Bonchev–Trinajstić information content (AvgIpc) is 3.30. The second-order valence-corrected chi connectivity index (χ2v) is 7.33. The standard InChI is InChI=1S/C21H24N6/c1-3-26-8-10-27(11-9-26)15-5-7-18-19(13-15)23-21(22-18)20-16-12-14(2)4-6-17(16)24-25-20/h4-7,12-13H,3,8-11H2,1-2H3,(H,22,23)(H,24,25). The molecular weight excluding hydrogens is 336 g/mol. The van der Waals surface area contributed by atoms with Crippen molar-refractivity contribution < 1.29 is 0 Å². The van der Waals surface area contributed by atoms with Crippen molar-refractivity contribution >= 4 is 27.6 Å². The molecule has 1 saturated heterocycles. The van der Waals surface area contributed by atoms with Crippen LogP contribution in [0.5, 0.6) is 0 Å². The summed E-state index contributed by atoms with van der Waals surface area (Å²) in [5, 5.41) is 8.71. The highest BCUT2D eigenvalue weighted by Gasteiger charge is 2.17. The zero-order valence-electron chi connectivity index (χ0n) is 15.8. The molecule has 2 aromatic heterocycles. The van der Waals surface area contributed by atoms with E-state index in [0.717, 1.165) is 66.2 Å². The van der Waals surface area contributed by atoms with Gasteiger partial charge in [0.1, 0.15) is 5.69 Å². The van der Waals surface area contributed by atoms with E-state index in [-0.39, 0.29) is 0 Å². The number of imidazole rings is 1. The van der Waals surface area contributed by atoms with E-state index in [2.05, 4.69) is 75.2 Å². The fourth-order valence-corrected chi connectivity index (χ4v) is 3.94. The Labute approximate surface area is 158 Å². The maximum Gasteiger partial charge on any atom is 0.159 e. The second-order valence-electron chi connectivity index (χ2n) is 7.33. The molecule has 0 atom stereocenters. The number of piperazine rings is 1. The molecule has 0 spiro atoms. The van der Waals surface area contributed by atoms with Gasteiger partial charge in [0.25, 0.3) is 0 Å². The van der Waals surface area contributed by atoms with Crippen molar-refractivity contribution in [1.29, 1.82) is 0 Å². The van der Waals surface area contributed by atoms with E-state index in [1.54, 1.807) is 0 Å². The topological polar surface area (TPSA) is 63.8 Å². The minimum absolute atomic E-state index is 0.815. The summed E-state index contributed by atoms with van der Waals surface area (Å²) in [7, 11) is 0. The van der Waals surface area contributed by atoms with Gasteiger partial charge in [-0.05, 0) is 43.8 Å².